The molecule has 0 amide bonds. The fourth-order valence-corrected chi connectivity index (χ4v) is 1.36. The van der Waals surface area contributed by atoms with E-state index < -0.39 is 12.0 Å². The van der Waals surface area contributed by atoms with Crippen LogP contribution in [0.15, 0.2) is 24.5 Å². The van der Waals surface area contributed by atoms with Gasteiger partial charge in [-0.25, -0.2) is 14.3 Å². The average Bonchev–Trinajstić information content (AvgIpc) is 2.73. The quantitative estimate of drug-likeness (QED) is 0.821. The van der Waals surface area contributed by atoms with Crippen molar-refractivity contribution in [2.24, 2.45) is 0 Å². The minimum atomic E-state index is -0.877. The highest BCUT2D eigenvalue weighted by Crippen LogP contribution is 2.13. The maximum atomic E-state index is 10.8. The molecular weight excluding hydrogens is 208 g/mol. The Kier molecular flexibility index (Phi) is 2.47. The third kappa shape index (κ3) is 1.69. The molecule has 0 radical (unpaired) electrons. The maximum Gasteiger partial charge on any atom is 0.326 e. The van der Waals surface area contributed by atoms with Crippen LogP contribution in [-0.4, -0.2) is 38.8 Å². The summed E-state index contributed by atoms with van der Waals surface area (Å²) < 4.78 is 1.63. The molecule has 0 saturated heterocycles. The molecule has 6 heteroatoms. The zero-order valence-electron chi connectivity index (χ0n) is 9.03. The molecule has 1 atom stereocenters. The van der Waals surface area contributed by atoms with Crippen LogP contribution < -0.4 is 4.90 Å². The second-order valence-electron chi connectivity index (χ2n) is 3.54. The van der Waals surface area contributed by atoms with E-state index in [1.165, 1.54) is 0 Å². The van der Waals surface area contributed by atoms with Crippen molar-refractivity contribution in [3.8, 4) is 0 Å². The number of nitrogens with zero attached hydrogens (tertiary/aromatic N) is 4. The lowest BCUT2D eigenvalue weighted by atomic mass is 10.3. The zero-order valence-corrected chi connectivity index (χ0v) is 9.03. The molecule has 84 valence electrons. The van der Waals surface area contributed by atoms with Crippen molar-refractivity contribution in [3.63, 3.8) is 0 Å². The highest BCUT2D eigenvalue weighted by molar-refractivity contribution is 5.77. The molecule has 0 saturated carbocycles. The number of carboxylic acid groups (broad SMARTS) is 1. The van der Waals surface area contributed by atoms with E-state index in [1.54, 1.807) is 47.9 Å². The molecule has 0 fully saturated rings. The first-order chi connectivity index (χ1) is 7.59. The molecule has 6 nitrogen and oxygen atoms in total. The zero-order chi connectivity index (χ0) is 11.7. The Bertz CT molecular complexity index is 522. The third-order valence-corrected chi connectivity index (χ3v) is 2.54. The van der Waals surface area contributed by atoms with Crippen LogP contribution in [0, 0.1) is 0 Å². The van der Waals surface area contributed by atoms with Gasteiger partial charge in [0.2, 0.25) is 0 Å². The highest BCUT2D eigenvalue weighted by atomic mass is 16.4. The number of carbonyl (C=O) groups is 1. The van der Waals surface area contributed by atoms with Crippen molar-refractivity contribution in [2.75, 3.05) is 11.9 Å². The van der Waals surface area contributed by atoms with Gasteiger partial charge in [-0.15, -0.1) is 0 Å². The maximum absolute atomic E-state index is 10.8. The van der Waals surface area contributed by atoms with E-state index in [9.17, 15) is 4.79 Å². The SMILES string of the molecule is CC(C(=O)O)N(C)c1ccn2nccc2n1. The molecule has 16 heavy (non-hydrogen) atoms. The lowest BCUT2D eigenvalue weighted by Crippen LogP contribution is -2.36. The van der Waals surface area contributed by atoms with E-state index in [-0.39, 0.29) is 0 Å². The number of hydrogen-bond donors (Lipinski definition) is 1. The Morgan fingerprint density at radius 1 is 1.56 bits per heavy atom. The molecule has 0 aromatic carbocycles. The van der Waals surface area contributed by atoms with E-state index in [0.29, 0.717) is 11.5 Å². The summed E-state index contributed by atoms with van der Waals surface area (Å²) in [4.78, 5) is 16.7. The molecular formula is C10H12N4O2. The Morgan fingerprint density at radius 2 is 2.31 bits per heavy atom. The minimum absolute atomic E-state index is 0.613. The number of likely N-dealkylation sites (N-methyl/N-ethyl adjacent to an activating group) is 1. The molecule has 2 aromatic heterocycles. The summed E-state index contributed by atoms with van der Waals surface area (Å²) in [6.07, 6.45) is 3.40. The first-order valence-corrected chi connectivity index (χ1v) is 4.85. The van der Waals surface area contributed by atoms with Gasteiger partial charge < -0.3 is 10.0 Å². The second kappa shape index (κ2) is 3.80. The third-order valence-electron chi connectivity index (χ3n) is 2.54. The minimum Gasteiger partial charge on any atom is -0.480 e. The Balaban J connectivity index is 2.35. The van der Waals surface area contributed by atoms with Crippen LogP contribution >= 0.6 is 0 Å². The van der Waals surface area contributed by atoms with E-state index in [4.69, 9.17) is 5.11 Å². The fraction of sp³-hybridized carbons (Fsp3) is 0.300. The molecule has 0 aliphatic heterocycles. The Morgan fingerprint density at radius 3 is 3.00 bits per heavy atom. The summed E-state index contributed by atoms with van der Waals surface area (Å²) in [6.45, 7) is 1.62. The number of hydrogen-bond acceptors (Lipinski definition) is 4. The van der Waals surface area contributed by atoms with Crippen LogP contribution in [0.2, 0.25) is 0 Å². The molecule has 0 aliphatic carbocycles. The smallest absolute Gasteiger partial charge is 0.326 e. The number of anilines is 1. The van der Waals surface area contributed by atoms with Crippen LogP contribution in [0.1, 0.15) is 6.92 Å². The number of aromatic nitrogens is 3. The lowest BCUT2D eigenvalue weighted by molar-refractivity contribution is -0.138. The van der Waals surface area contributed by atoms with Crippen LogP contribution in [-0.2, 0) is 4.79 Å². The largest absolute Gasteiger partial charge is 0.480 e. The van der Waals surface area contributed by atoms with Crippen LogP contribution in [0.5, 0.6) is 0 Å². The molecule has 2 rings (SSSR count). The second-order valence-corrected chi connectivity index (χ2v) is 3.54. The summed E-state index contributed by atoms with van der Waals surface area (Å²) >= 11 is 0. The molecule has 1 unspecified atom stereocenters. The molecule has 0 spiro atoms. The molecule has 2 aromatic rings. The summed E-state index contributed by atoms with van der Waals surface area (Å²) in [5.74, 6) is -0.263. The van der Waals surface area contributed by atoms with E-state index >= 15 is 0 Å². The van der Waals surface area contributed by atoms with Crippen molar-refractivity contribution in [3.05, 3.63) is 24.5 Å². The van der Waals surface area contributed by atoms with Crippen molar-refractivity contribution in [1.29, 1.82) is 0 Å². The van der Waals surface area contributed by atoms with Gasteiger partial charge >= 0.3 is 5.97 Å². The van der Waals surface area contributed by atoms with Crippen molar-refractivity contribution >= 4 is 17.4 Å². The van der Waals surface area contributed by atoms with Gasteiger partial charge in [-0.2, -0.15) is 5.10 Å². The number of rotatable bonds is 3. The number of aliphatic carboxylic acids is 1. The van der Waals surface area contributed by atoms with Crippen LogP contribution in [0.3, 0.4) is 0 Å². The lowest BCUT2D eigenvalue weighted by Gasteiger charge is -2.22. The Hall–Kier alpha value is -2.11. The van der Waals surface area contributed by atoms with Crippen LogP contribution in [0.25, 0.3) is 5.65 Å². The fourth-order valence-electron chi connectivity index (χ4n) is 1.36. The first-order valence-electron chi connectivity index (χ1n) is 4.85. The summed E-state index contributed by atoms with van der Waals surface area (Å²) in [5, 5.41) is 12.9. The Labute approximate surface area is 92.1 Å². The normalized spacial score (nSPS) is 12.6. The van der Waals surface area contributed by atoms with E-state index in [1.807, 2.05) is 0 Å². The van der Waals surface area contributed by atoms with Gasteiger partial charge in [0.15, 0.2) is 5.65 Å². The highest BCUT2D eigenvalue weighted by Gasteiger charge is 2.18. The van der Waals surface area contributed by atoms with E-state index in [2.05, 4.69) is 10.1 Å². The number of carboxylic acids is 1. The van der Waals surface area contributed by atoms with Crippen molar-refractivity contribution < 1.29 is 9.90 Å². The van der Waals surface area contributed by atoms with Crippen molar-refractivity contribution in [1.82, 2.24) is 14.6 Å². The van der Waals surface area contributed by atoms with Crippen molar-refractivity contribution in [2.45, 2.75) is 13.0 Å². The van der Waals surface area contributed by atoms with Gasteiger partial charge in [0.1, 0.15) is 11.9 Å². The van der Waals surface area contributed by atoms with Gasteiger partial charge in [0, 0.05) is 19.3 Å². The predicted molar refractivity (Wildman–Crippen MR) is 58.5 cm³/mol. The molecule has 0 aliphatic rings. The molecule has 2 heterocycles. The topological polar surface area (TPSA) is 70.7 Å². The van der Waals surface area contributed by atoms with Gasteiger partial charge in [-0.3, -0.25) is 0 Å². The van der Waals surface area contributed by atoms with Gasteiger partial charge in [0.25, 0.3) is 0 Å². The number of fused-ring (bicyclic) bond motifs is 1. The monoisotopic (exact) mass is 220 g/mol. The standard InChI is InChI=1S/C10H12N4O2/c1-7(10(15)16)13(2)8-4-6-14-9(12-8)3-5-11-14/h3-7H,1-2H3,(H,15,16). The van der Waals surface area contributed by atoms with E-state index in [0.717, 1.165) is 0 Å². The van der Waals surface area contributed by atoms with Gasteiger partial charge in [-0.1, -0.05) is 0 Å². The van der Waals surface area contributed by atoms with Gasteiger partial charge in [0.05, 0.1) is 6.20 Å². The summed E-state index contributed by atoms with van der Waals surface area (Å²) in [7, 11) is 1.70. The molecule has 1 N–H and O–H groups in total. The first kappa shape index (κ1) is 10.4. The predicted octanol–water partition coefficient (Wildman–Crippen LogP) is 0.639. The van der Waals surface area contributed by atoms with Crippen LogP contribution in [0.4, 0.5) is 5.82 Å². The average molecular weight is 220 g/mol. The summed E-state index contributed by atoms with van der Waals surface area (Å²) in [5.41, 5.74) is 0.696. The summed E-state index contributed by atoms with van der Waals surface area (Å²) in [6, 6.07) is 2.89. The van der Waals surface area contributed by atoms with Gasteiger partial charge in [-0.05, 0) is 13.0 Å². The molecule has 0 bridgehead atoms.